The largest absolute Gasteiger partial charge is 0.444 e. The van der Waals surface area contributed by atoms with Crippen molar-refractivity contribution in [3.05, 3.63) is 79.5 Å². The molecule has 2 aromatic rings. The molecule has 1 aromatic heterocycles. The van der Waals surface area contributed by atoms with Crippen molar-refractivity contribution in [2.75, 3.05) is 0 Å². The molecule has 130 valence electrons. The molecule has 2 aliphatic rings. The zero-order valence-corrected chi connectivity index (χ0v) is 16.1. The average Bonchev–Trinajstić information content (AvgIpc) is 3.07. The summed E-state index contributed by atoms with van der Waals surface area (Å²) in [4.78, 5) is 14.0. The van der Waals surface area contributed by atoms with Crippen molar-refractivity contribution in [1.29, 1.82) is 5.26 Å². The van der Waals surface area contributed by atoms with E-state index >= 15 is 0 Å². The minimum absolute atomic E-state index is 0.0230. The molecular formula is C20H15BrN2O2S. The lowest BCUT2D eigenvalue weighted by molar-refractivity contribution is -0.117. The van der Waals surface area contributed by atoms with E-state index in [0.717, 1.165) is 14.2 Å². The third kappa shape index (κ3) is 2.87. The van der Waals surface area contributed by atoms with Crippen LogP contribution in [0.1, 0.15) is 35.1 Å². The molecule has 0 unspecified atom stereocenters. The summed E-state index contributed by atoms with van der Waals surface area (Å²) in [5.41, 5.74) is 8.04. The van der Waals surface area contributed by atoms with Crippen LogP contribution >= 0.6 is 27.3 Å². The number of ketones is 1. The van der Waals surface area contributed by atoms with Crippen molar-refractivity contribution >= 4 is 33.0 Å². The molecule has 0 saturated carbocycles. The van der Waals surface area contributed by atoms with Crippen molar-refractivity contribution in [1.82, 2.24) is 0 Å². The van der Waals surface area contributed by atoms with Gasteiger partial charge in [0.15, 0.2) is 5.78 Å². The van der Waals surface area contributed by atoms with Crippen molar-refractivity contribution in [3.63, 3.8) is 0 Å². The van der Waals surface area contributed by atoms with E-state index in [-0.39, 0.29) is 17.6 Å². The number of rotatable bonds is 2. The summed E-state index contributed by atoms with van der Waals surface area (Å²) in [5, 5.41) is 9.60. The number of hydrogen-bond acceptors (Lipinski definition) is 5. The molecule has 4 rings (SSSR count). The highest BCUT2D eigenvalue weighted by molar-refractivity contribution is 9.11. The van der Waals surface area contributed by atoms with Crippen LogP contribution in [0, 0.1) is 11.3 Å². The highest BCUT2D eigenvalue weighted by Gasteiger charge is 2.41. The third-order valence-corrected chi connectivity index (χ3v) is 6.50. The van der Waals surface area contributed by atoms with Crippen LogP contribution < -0.4 is 5.73 Å². The van der Waals surface area contributed by atoms with E-state index in [9.17, 15) is 10.1 Å². The zero-order valence-electron chi connectivity index (χ0n) is 13.7. The van der Waals surface area contributed by atoms with E-state index in [0.29, 0.717) is 29.7 Å². The molecule has 0 saturated heterocycles. The lowest BCUT2D eigenvalue weighted by Gasteiger charge is -2.33. The van der Waals surface area contributed by atoms with Gasteiger partial charge < -0.3 is 10.5 Å². The summed E-state index contributed by atoms with van der Waals surface area (Å²) >= 11 is 4.96. The Morgan fingerprint density at radius 2 is 1.96 bits per heavy atom. The van der Waals surface area contributed by atoms with Gasteiger partial charge in [-0.15, -0.1) is 11.3 Å². The Balaban J connectivity index is 1.79. The number of ether oxygens (including phenoxy) is 1. The van der Waals surface area contributed by atoms with Crippen LogP contribution in [-0.2, 0) is 9.53 Å². The highest BCUT2D eigenvalue weighted by Crippen LogP contribution is 2.48. The van der Waals surface area contributed by atoms with Gasteiger partial charge in [-0.3, -0.25) is 4.79 Å². The third-order valence-electron chi connectivity index (χ3n) is 4.81. The van der Waals surface area contributed by atoms with Crippen molar-refractivity contribution < 1.29 is 9.53 Å². The van der Waals surface area contributed by atoms with E-state index in [2.05, 4.69) is 22.0 Å². The first-order valence-corrected chi connectivity index (χ1v) is 9.83. The summed E-state index contributed by atoms with van der Waals surface area (Å²) in [6.45, 7) is 0. The number of benzene rings is 1. The van der Waals surface area contributed by atoms with Crippen LogP contribution in [0.25, 0.3) is 0 Å². The first-order chi connectivity index (χ1) is 12.6. The fraction of sp³-hybridized carbons (Fsp3) is 0.200. The van der Waals surface area contributed by atoms with Crippen LogP contribution in [0.15, 0.2) is 69.0 Å². The molecule has 2 heterocycles. The molecule has 1 aliphatic carbocycles. The minimum atomic E-state index is -0.440. The summed E-state index contributed by atoms with van der Waals surface area (Å²) in [5.74, 6) is 0.345. The summed E-state index contributed by atoms with van der Waals surface area (Å²) in [7, 11) is 0. The first kappa shape index (κ1) is 17.1. The van der Waals surface area contributed by atoms with E-state index in [1.807, 2.05) is 42.5 Å². The Bertz CT molecular complexity index is 985. The van der Waals surface area contributed by atoms with E-state index in [1.54, 1.807) is 0 Å². The number of nitriles is 1. The van der Waals surface area contributed by atoms with Gasteiger partial charge in [-0.1, -0.05) is 30.3 Å². The average molecular weight is 427 g/mol. The van der Waals surface area contributed by atoms with Gasteiger partial charge in [-0.25, -0.2) is 0 Å². The molecule has 1 aromatic carbocycles. The Hall–Kier alpha value is -2.36. The second-order valence-corrected chi connectivity index (χ2v) is 8.84. The number of allylic oxidation sites excluding steroid dienone is 3. The lowest BCUT2D eigenvalue weighted by Crippen LogP contribution is -2.29. The maximum atomic E-state index is 13.1. The number of hydrogen-bond donors (Lipinski definition) is 1. The maximum absolute atomic E-state index is 13.1. The fourth-order valence-electron chi connectivity index (χ4n) is 3.64. The molecule has 0 fully saturated rings. The number of Topliss-reactive ketones (excluding diaryl/α,β-unsaturated/α-hetero) is 1. The van der Waals surface area contributed by atoms with Crippen molar-refractivity contribution in [2.24, 2.45) is 5.73 Å². The van der Waals surface area contributed by atoms with Gasteiger partial charge >= 0.3 is 0 Å². The number of carbonyl (C=O) groups excluding carboxylic acids is 1. The fourth-order valence-corrected chi connectivity index (χ4v) is 5.18. The molecule has 26 heavy (non-hydrogen) atoms. The number of thiophene rings is 1. The van der Waals surface area contributed by atoms with Crippen LogP contribution in [0.3, 0.4) is 0 Å². The Morgan fingerprint density at radius 3 is 2.62 bits per heavy atom. The topological polar surface area (TPSA) is 76.1 Å². The van der Waals surface area contributed by atoms with Crippen molar-refractivity contribution in [2.45, 2.75) is 24.7 Å². The lowest BCUT2D eigenvalue weighted by atomic mass is 9.75. The molecule has 6 heteroatoms. The summed E-state index contributed by atoms with van der Waals surface area (Å²) < 4.78 is 6.71. The Labute approximate surface area is 163 Å². The predicted octanol–water partition coefficient (Wildman–Crippen LogP) is 4.72. The molecular weight excluding hydrogens is 412 g/mol. The number of nitrogens with two attached hydrogens (primary N) is 1. The summed E-state index contributed by atoms with van der Waals surface area (Å²) in [6, 6.07) is 15.9. The van der Waals surface area contributed by atoms with E-state index in [1.165, 1.54) is 11.3 Å². The van der Waals surface area contributed by atoms with Gasteiger partial charge in [0.1, 0.15) is 17.4 Å². The van der Waals surface area contributed by atoms with Gasteiger partial charge in [0.25, 0.3) is 0 Å². The Morgan fingerprint density at radius 1 is 1.19 bits per heavy atom. The van der Waals surface area contributed by atoms with Gasteiger partial charge in [-0.2, -0.15) is 5.26 Å². The zero-order chi connectivity index (χ0) is 18.3. The second kappa shape index (κ2) is 6.75. The molecule has 0 bridgehead atoms. The maximum Gasteiger partial charge on any atom is 0.205 e. The van der Waals surface area contributed by atoms with Gasteiger partial charge in [0.2, 0.25) is 5.88 Å². The number of halogens is 1. The Kier molecular flexibility index (Phi) is 4.43. The van der Waals surface area contributed by atoms with E-state index in [4.69, 9.17) is 10.5 Å². The van der Waals surface area contributed by atoms with Crippen LogP contribution in [-0.4, -0.2) is 5.78 Å². The van der Waals surface area contributed by atoms with Gasteiger partial charge in [-0.05, 0) is 39.5 Å². The SMILES string of the molecule is N#CC1=C(N)OC2=C(C(=O)C[C@H](c3ccccc3)C2)[C@H]1c1ccc(Br)s1. The highest BCUT2D eigenvalue weighted by atomic mass is 79.9. The smallest absolute Gasteiger partial charge is 0.205 e. The van der Waals surface area contributed by atoms with Crippen LogP contribution in [0.5, 0.6) is 0 Å². The molecule has 0 radical (unpaired) electrons. The van der Waals surface area contributed by atoms with Crippen LogP contribution in [0.4, 0.5) is 0 Å². The predicted molar refractivity (Wildman–Crippen MR) is 103 cm³/mol. The number of carbonyl (C=O) groups is 1. The molecule has 1 aliphatic heterocycles. The number of nitrogens with zero attached hydrogens (tertiary/aromatic N) is 1. The van der Waals surface area contributed by atoms with Gasteiger partial charge in [0.05, 0.1) is 9.70 Å². The van der Waals surface area contributed by atoms with Crippen molar-refractivity contribution in [3.8, 4) is 6.07 Å². The minimum Gasteiger partial charge on any atom is -0.444 e. The quantitative estimate of drug-likeness (QED) is 0.753. The molecule has 0 amide bonds. The first-order valence-electron chi connectivity index (χ1n) is 8.22. The standard InChI is InChI=1S/C20H15BrN2O2S/c21-17-7-6-16(26-17)18-13(10-22)20(23)25-15-9-12(8-14(24)19(15)18)11-4-2-1-3-5-11/h1-7,12,18H,8-9,23H2/t12-,18+/m0/s1. The molecule has 0 spiro atoms. The normalized spacial score (nSPS) is 22.7. The second-order valence-electron chi connectivity index (χ2n) is 6.34. The van der Waals surface area contributed by atoms with Gasteiger partial charge in [0, 0.05) is 23.3 Å². The van der Waals surface area contributed by atoms with Crippen LogP contribution in [0.2, 0.25) is 0 Å². The molecule has 4 nitrogen and oxygen atoms in total. The summed E-state index contributed by atoms with van der Waals surface area (Å²) in [6.07, 6.45) is 1.02. The molecule has 2 atom stereocenters. The molecule has 2 N–H and O–H groups in total. The monoisotopic (exact) mass is 426 g/mol. The van der Waals surface area contributed by atoms with E-state index < -0.39 is 5.92 Å².